The molecule has 0 aliphatic carbocycles. The minimum atomic E-state index is -1.29. The van der Waals surface area contributed by atoms with Crippen molar-refractivity contribution in [1.82, 2.24) is 9.97 Å². The average Bonchev–Trinajstić information content (AvgIpc) is 1.99. The van der Waals surface area contributed by atoms with Crippen LogP contribution >= 0.6 is 0 Å². The molecule has 0 fully saturated rings. The van der Waals surface area contributed by atoms with Gasteiger partial charge in [-0.3, -0.25) is 4.79 Å². The molecule has 0 aromatic carbocycles. The summed E-state index contributed by atoms with van der Waals surface area (Å²) in [5.41, 5.74) is 4.06. The van der Waals surface area contributed by atoms with Crippen LogP contribution in [0.25, 0.3) is 0 Å². The van der Waals surface area contributed by atoms with E-state index in [0.29, 0.717) is 0 Å². The van der Waals surface area contributed by atoms with Crippen LogP contribution in [0.4, 0.5) is 4.39 Å². The molecule has 0 atom stereocenters. The van der Waals surface area contributed by atoms with Crippen molar-refractivity contribution in [1.29, 1.82) is 0 Å². The Morgan fingerprint density at radius 1 is 1.73 bits per heavy atom. The first-order valence-corrected chi connectivity index (χ1v) is 2.83. The van der Waals surface area contributed by atoms with E-state index in [9.17, 15) is 9.18 Å². The second-order valence-corrected chi connectivity index (χ2v) is 1.85. The summed E-state index contributed by atoms with van der Waals surface area (Å²) < 4.78 is 12.4. The molecular formula is C5H6FN3O2. The molecule has 4 N–H and O–H groups in total. The number of nitrogens with one attached hydrogen (secondary N) is 1. The van der Waals surface area contributed by atoms with E-state index in [0.717, 1.165) is 0 Å². The summed E-state index contributed by atoms with van der Waals surface area (Å²) in [7, 11) is 0. The molecule has 0 amide bonds. The Balaban J connectivity index is 3.32. The molecule has 6 heteroatoms. The van der Waals surface area contributed by atoms with Crippen molar-refractivity contribution >= 4 is 0 Å². The largest absolute Gasteiger partial charge is 0.491 e. The van der Waals surface area contributed by atoms with Gasteiger partial charge in [0.05, 0.1) is 6.54 Å². The minimum absolute atomic E-state index is 0.0499. The fourth-order valence-corrected chi connectivity index (χ4v) is 0.589. The van der Waals surface area contributed by atoms with E-state index >= 15 is 0 Å². The summed E-state index contributed by atoms with van der Waals surface area (Å²) >= 11 is 0. The SMILES string of the molecule is NCc1nc(O)c(F)c(=O)[nH]1. The third-order valence-corrected chi connectivity index (χ3v) is 1.09. The van der Waals surface area contributed by atoms with Gasteiger partial charge in [0.25, 0.3) is 11.4 Å². The molecule has 11 heavy (non-hydrogen) atoms. The summed E-state index contributed by atoms with van der Waals surface area (Å²) in [5.74, 6) is -2.16. The van der Waals surface area contributed by atoms with Crippen LogP contribution in [-0.2, 0) is 6.54 Å². The van der Waals surface area contributed by atoms with Crippen LogP contribution in [0.3, 0.4) is 0 Å². The maximum absolute atomic E-state index is 12.4. The van der Waals surface area contributed by atoms with E-state index in [4.69, 9.17) is 10.8 Å². The first-order chi connectivity index (χ1) is 5.15. The highest BCUT2D eigenvalue weighted by Crippen LogP contribution is 2.04. The van der Waals surface area contributed by atoms with E-state index in [1.807, 2.05) is 4.98 Å². The Bertz CT molecular complexity index is 322. The van der Waals surface area contributed by atoms with Gasteiger partial charge in [-0.1, -0.05) is 0 Å². The standard InChI is InChI=1S/C5H6FN3O2/c6-3-4(10)8-2(1-7)9-5(3)11/h1,7H2,(H2,8,9,10,11). The van der Waals surface area contributed by atoms with Gasteiger partial charge in [0.2, 0.25) is 5.82 Å². The fourth-order valence-electron chi connectivity index (χ4n) is 0.589. The number of hydrogen-bond donors (Lipinski definition) is 3. The molecule has 0 bridgehead atoms. The van der Waals surface area contributed by atoms with Crippen molar-refractivity contribution in [2.45, 2.75) is 6.54 Å². The second kappa shape index (κ2) is 2.67. The van der Waals surface area contributed by atoms with Gasteiger partial charge < -0.3 is 15.8 Å². The van der Waals surface area contributed by atoms with Crippen molar-refractivity contribution < 1.29 is 9.50 Å². The molecule has 0 spiro atoms. The number of nitrogens with two attached hydrogens (primary N) is 1. The normalized spacial score (nSPS) is 10.0. The topological polar surface area (TPSA) is 92.0 Å². The smallest absolute Gasteiger partial charge is 0.291 e. The van der Waals surface area contributed by atoms with E-state index in [1.165, 1.54) is 0 Å². The van der Waals surface area contributed by atoms with Gasteiger partial charge in [0, 0.05) is 0 Å². The first kappa shape index (κ1) is 7.67. The van der Waals surface area contributed by atoms with Gasteiger partial charge in [-0.25, -0.2) is 0 Å². The van der Waals surface area contributed by atoms with Gasteiger partial charge in [-0.2, -0.15) is 9.37 Å². The predicted octanol–water partition coefficient (Wildman–Crippen LogP) is -0.927. The van der Waals surface area contributed by atoms with Gasteiger partial charge >= 0.3 is 0 Å². The molecule has 0 aliphatic rings. The van der Waals surface area contributed by atoms with Crippen LogP contribution in [0.1, 0.15) is 5.82 Å². The highest BCUT2D eigenvalue weighted by Gasteiger charge is 2.07. The fraction of sp³-hybridized carbons (Fsp3) is 0.200. The van der Waals surface area contributed by atoms with Crippen molar-refractivity contribution in [3.05, 3.63) is 22.0 Å². The lowest BCUT2D eigenvalue weighted by Gasteiger charge is -1.96. The predicted molar refractivity (Wildman–Crippen MR) is 34.4 cm³/mol. The first-order valence-electron chi connectivity index (χ1n) is 2.83. The molecule has 0 aliphatic heterocycles. The zero-order valence-electron chi connectivity index (χ0n) is 5.47. The molecule has 0 saturated carbocycles. The summed E-state index contributed by atoms with van der Waals surface area (Å²) in [6.45, 7) is -0.0525. The highest BCUT2D eigenvalue weighted by molar-refractivity contribution is 5.09. The van der Waals surface area contributed by atoms with Crippen LogP contribution in [-0.4, -0.2) is 15.1 Å². The third-order valence-electron chi connectivity index (χ3n) is 1.09. The quantitative estimate of drug-likeness (QED) is 0.493. The van der Waals surface area contributed by atoms with Crippen LogP contribution in [0.2, 0.25) is 0 Å². The lowest BCUT2D eigenvalue weighted by Crippen LogP contribution is -2.17. The lowest BCUT2D eigenvalue weighted by molar-refractivity contribution is 0.401. The van der Waals surface area contributed by atoms with Gasteiger partial charge in [-0.15, -0.1) is 0 Å². The Hall–Kier alpha value is -1.43. The molecule has 5 nitrogen and oxygen atoms in total. The number of aromatic amines is 1. The van der Waals surface area contributed by atoms with Crippen molar-refractivity contribution in [2.24, 2.45) is 5.73 Å². The minimum Gasteiger partial charge on any atom is -0.491 e. The number of nitrogens with zero attached hydrogens (tertiary/aromatic N) is 1. The van der Waals surface area contributed by atoms with E-state index < -0.39 is 17.3 Å². The molecule has 0 radical (unpaired) electrons. The molecule has 0 unspecified atom stereocenters. The molecule has 60 valence electrons. The average molecular weight is 159 g/mol. The molecule has 1 aromatic rings. The maximum Gasteiger partial charge on any atom is 0.291 e. The number of hydrogen-bond acceptors (Lipinski definition) is 4. The number of rotatable bonds is 1. The zero-order chi connectivity index (χ0) is 8.43. The van der Waals surface area contributed by atoms with Crippen LogP contribution in [0, 0.1) is 5.82 Å². The van der Waals surface area contributed by atoms with Gasteiger partial charge in [-0.05, 0) is 0 Å². The number of H-pyrrole nitrogens is 1. The third kappa shape index (κ3) is 1.35. The Kier molecular flexibility index (Phi) is 1.86. The molecular weight excluding hydrogens is 153 g/mol. The summed E-state index contributed by atoms with van der Waals surface area (Å²) in [6, 6.07) is 0. The Morgan fingerprint density at radius 3 is 2.82 bits per heavy atom. The number of aromatic nitrogens is 2. The zero-order valence-corrected chi connectivity index (χ0v) is 5.47. The second-order valence-electron chi connectivity index (χ2n) is 1.85. The van der Waals surface area contributed by atoms with Crippen LogP contribution < -0.4 is 11.3 Å². The molecule has 1 rings (SSSR count). The van der Waals surface area contributed by atoms with E-state index in [-0.39, 0.29) is 12.4 Å². The van der Waals surface area contributed by atoms with E-state index in [2.05, 4.69) is 4.98 Å². The molecule has 1 aromatic heterocycles. The van der Waals surface area contributed by atoms with Crippen molar-refractivity contribution in [3.8, 4) is 5.88 Å². The monoisotopic (exact) mass is 159 g/mol. The molecule has 1 heterocycles. The Morgan fingerprint density at radius 2 is 2.36 bits per heavy atom. The summed E-state index contributed by atoms with van der Waals surface area (Å²) in [6.07, 6.45) is 0. The Labute approximate surface area is 60.7 Å². The van der Waals surface area contributed by atoms with Gasteiger partial charge in [0.15, 0.2) is 0 Å². The number of halogens is 1. The van der Waals surface area contributed by atoms with E-state index in [1.54, 1.807) is 0 Å². The lowest BCUT2D eigenvalue weighted by atomic mass is 10.5. The van der Waals surface area contributed by atoms with Crippen molar-refractivity contribution in [3.63, 3.8) is 0 Å². The summed E-state index contributed by atoms with van der Waals surface area (Å²) in [4.78, 5) is 15.8. The van der Waals surface area contributed by atoms with Crippen LogP contribution in [0.15, 0.2) is 4.79 Å². The van der Waals surface area contributed by atoms with Crippen molar-refractivity contribution in [2.75, 3.05) is 0 Å². The number of aromatic hydroxyl groups is 1. The van der Waals surface area contributed by atoms with Gasteiger partial charge in [0.1, 0.15) is 5.82 Å². The highest BCUT2D eigenvalue weighted by atomic mass is 19.1. The molecule has 0 saturated heterocycles. The summed E-state index contributed by atoms with van der Waals surface area (Å²) in [5, 5.41) is 8.65. The maximum atomic E-state index is 12.4. The van der Waals surface area contributed by atoms with Crippen LogP contribution in [0.5, 0.6) is 5.88 Å².